The number of aromatic nitrogens is 2. The minimum absolute atomic E-state index is 0.153. The lowest BCUT2D eigenvalue weighted by molar-refractivity contribution is -0.117. The maximum absolute atomic E-state index is 12.3. The standard InChI is InChI=1S/C17H19N3O4/c1-23-12-5-7-15(24-2)14(9-12)18-16(21)10-20-17(22)8-6-13(19-20)11-3-4-11/h5-9,11H,3-4,10H2,1-2H3,(H,18,21). The lowest BCUT2D eigenvalue weighted by Gasteiger charge is -2.12. The van der Waals surface area contributed by atoms with Gasteiger partial charge in [-0.05, 0) is 31.0 Å². The zero-order chi connectivity index (χ0) is 17.1. The normalized spacial score (nSPS) is 13.4. The molecule has 0 bridgehead atoms. The fraction of sp³-hybridized carbons (Fsp3) is 0.353. The van der Waals surface area contributed by atoms with Gasteiger partial charge < -0.3 is 14.8 Å². The molecular weight excluding hydrogens is 310 g/mol. The molecule has 1 saturated carbocycles. The monoisotopic (exact) mass is 329 g/mol. The number of ether oxygens (including phenoxy) is 2. The van der Waals surface area contributed by atoms with Gasteiger partial charge in [-0.25, -0.2) is 4.68 Å². The van der Waals surface area contributed by atoms with E-state index in [0.29, 0.717) is 23.1 Å². The number of nitrogens with zero attached hydrogens (tertiary/aromatic N) is 2. The Balaban J connectivity index is 1.76. The smallest absolute Gasteiger partial charge is 0.267 e. The van der Waals surface area contributed by atoms with Gasteiger partial charge in [-0.15, -0.1) is 0 Å². The Kier molecular flexibility index (Phi) is 4.50. The first-order valence-electron chi connectivity index (χ1n) is 7.70. The first-order valence-corrected chi connectivity index (χ1v) is 7.70. The third kappa shape index (κ3) is 3.56. The predicted octanol–water partition coefficient (Wildman–Crippen LogP) is 1.78. The Bertz CT molecular complexity index is 812. The van der Waals surface area contributed by atoms with Crippen molar-refractivity contribution in [2.24, 2.45) is 0 Å². The summed E-state index contributed by atoms with van der Waals surface area (Å²) in [6, 6.07) is 8.29. The van der Waals surface area contributed by atoms with Crippen LogP contribution in [-0.2, 0) is 11.3 Å². The lowest BCUT2D eigenvalue weighted by atomic mass is 10.2. The zero-order valence-electron chi connectivity index (χ0n) is 13.6. The van der Waals surface area contributed by atoms with Crippen LogP contribution in [-0.4, -0.2) is 29.9 Å². The number of hydrogen-bond donors (Lipinski definition) is 1. The molecule has 1 amide bonds. The topological polar surface area (TPSA) is 82.4 Å². The zero-order valence-corrected chi connectivity index (χ0v) is 13.6. The lowest BCUT2D eigenvalue weighted by Crippen LogP contribution is -2.29. The van der Waals surface area contributed by atoms with Crippen LogP contribution in [0.5, 0.6) is 11.5 Å². The second-order valence-corrected chi connectivity index (χ2v) is 5.64. The molecule has 3 rings (SSSR count). The van der Waals surface area contributed by atoms with E-state index < -0.39 is 0 Å². The Morgan fingerprint density at radius 2 is 2.04 bits per heavy atom. The van der Waals surface area contributed by atoms with Crippen molar-refractivity contribution in [3.05, 3.63) is 46.4 Å². The fourth-order valence-corrected chi connectivity index (χ4v) is 2.41. The summed E-state index contributed by atoms with van der Waals surface area (Å²) >= 11 is 0. The number of benzene rings is 1. The molecule has 1 heterocycles. The van der Waals surface area contributed by atoms with E-state index in [4.69, 9.17) is 9.47 Å². The van der Waals surface area contributed by atoms with E-state index in [1.807, 2.05) is 0 Å². The minimum atomic E-state index is -0.357. The quantitative estimate of drug-likeness (QED) is 0.873. The van der Waals surface area contributed by atoms with Crippen molar-refractivity contribution in [2.45, 2.75) is 25.3 Å². The van der Waals surface area contributed by atoms with Crippen molar-refractivity contribution in [3.63, 3.8) is 0 Å². The molecule has 0 unspecified atom stereocenters. The molecule has 1 aromatic heterocycles. The van der Waals surface area contributed by atoms with Crippen LogP contribution in [0.25, 0.3) is 0 Å². The summed E-state index contributed by atoms with van der Waals surface area (Å²) in [7, 11) is 3.06. The van der Waals surface area contributed by atoms with Crippen molar-refractivity contribution >= 4 is 11.6 Å². The minimum Gasteiger partial charge on any atom is -0.497 e. The SMILES string of the molecule is COc1ccc(OC)c(NC(=O)Cn2nc(C3CC3)ccc2=O)c1. The van der Waals surface area contributed by atoms with Crippen molar-refractivity contribution in [1.82, 2.24) is 9.78 Å². The fourth-order valence-electron chi connectivity index (χ4n) is 2.41. The van der Waals surface area contributed by atoms with Crippen molar-refractivity contribution in [2.75, 3.05) is 19.5 Å². The third-order valence-electron chi connectivity index (χ3n) is 3.86. The van der Waals surface area contributed by atoms with Gasteiger partial charge in [0.25, 0.3) is 5.56 Å². The van der Waals surface area contributed by atoms with E-state index >= 15 is 0 Å². The van der Waals surface area contributed by atoms with Crippen LogP contribution in [0.15, 0.2) is 35.1 Å². The molecule has 24 heavy (non-hydrogen) atoms. The number of rotatable bonds is 6. The Labute approximate surface area is 139 Å². The van der Waals surface area contributed by atoms with Gasteiger partial charge in [0.05, 0.1) is 25.6 Å². The molecule has 1 N–H and O–H groups in total. The number of anilines is 1. The highest BCUT2D eigenvalue weighted by molar-refractivity contribution is 5.92. The van der Waals surface area contributed by atoms with Gasteiger partial charge in [0, 0.05) is 18.1 Å². The summed E-state index contributed by atoms with van der Waals surface area (Å²) in [5.74, 6) is 1.16. The summed E-state index contributed by atoms with van der Waals surface area (Å²) in [5, 5.41) is 7.01. The molecule has 1 aliphatic rings. The van der Waals surface area contributed by atoms with Crippen LogP contribution in [0.1, 0.15) is 24.5 Å². The van der Waals surface area contributed by atoms with Gasteiger partial charge in [-0.3, -0.25) is 9.59 Å². The molecule has 1 aliphatic carbocycles. The Morgan fingerprint density at radius 1 is 1.25 bits per heavy atom. The van der Waals surface area contributed by atoms with Gasteiger partial charge in [-0.2, -0.15) is 5.10 Å². The summed E-state index contributed by atoms with van der Waals surface area (Å²) in [5.41, 5.74) is 1.04. The van der Waals surface area contributed by atoms with Crippen molar-refractivity contribution < 1.29 is 14.3 Å². The van der Waals surface area contributed by atoms with Gasteiger partial charge in [0.15, 0.2) is 0 Å². The largest absolute Gasteiger partial charge is 0.497 e. The molecule has 126 valence electrons. The van der Waals surface area contributed by atoms with Crippen LogP contribution in [0.4, 0.5) is 5.69 Å². The van der Waals surface area contributed by atoms with E-state index in [1.165, 1.54) is 17.9 Å². The molecule has 0 radical (unpaired) electrons. The van der Waals surface area contributed by atoms with Crippen molar-refractivity contribution in [3.8, 4) is 11.5 Å². The number of methoxy groups -OCH3 is 2. The number of carbonyl (C=O) groups is 1. The van der Waals surface area contributed by atoms with Crippen LogP contribution >= 0.6 is 0 Å². The highest BCUT2D eigenvalue weighted by Crippen LogP contribution is 2.38. The van der Waals surface area contributed by atoms with Crippen molar-refractivity contribution in [1.29, 1.82) is 0 Å². The summed E-state index contributed by atoms with van der Waals surface area (Å²) < 4.78 is 11.6. The third-order valence-corrected chi connectivity index (χ3v) is 3.86. The molecule has 2 aromatic rings. The van der Waals surface area contributed by atoms with Gasteiger partial charge in [0.1, 0.15) is 18.0 Å². The first-order chi connectivity index (χ1) is 11.6. The maximum Gasteiger partial charge on any atom is 0.267 e. The molecule has 0 aliphatic heterocycles. The van der Waals surface area contributed by atoms with Gasteiger partial charge >= 0.3 is 0 Å². The average molecular weight is 329 g/mol. The highest BCUT2D eigenvalue weighted by Gasteiger charge is 2.25. The maximum atomic E-state index is 12.3. The number of hydrogen-bond acceptors (Lipinski definition) is 5. The summed E-state index contributed by atoms with van der Waals surface area (Å²) in [4.78, 5) is 24.2. The molecule has 0 saturated heterocycles. The molecule has 0 atom stereocenters. The van der Waals surface area contributed by atoms with Crippen LogP contribution in [0, 0.1) is 0 Å². The highest BCUT2D eigenvalue weighted by atomic mass is 16.5. The predicted molar refractivity (Wildman–Crippen MR) is 88.6 cm³/mol. The molecule has 7 nitrogen and oxygen atoms in total. The van der Waals surface area contributed by atoms with E-state index in [0.717, 1.165) is 18.5 Å². The second kappa shape index (κ2) is 6.74. The van der Waals surface area contributed by atoms with Crippen LogP contribution in [0.2, 0.25) is 0 Å². The van der Waals surface area contributed by atoms with Crippen LogP contribution < -0.4 is 20.3 Å². The molecule has 1 aromatic carbocycles. The Hall–Kier alpha value is -2.83. The molecule has 1 fully saturated rings. The van der Waals surface area contributed by atoms with E-state index in [2.05, 4.69) is 10.4 Å². The number of nitrogens with one attached hydrogen (secondary N) is 1. The van der Waals surface area contributed by atoms with Gasteiger partial charge in [-0.1, -0.05) is 0 Å². The molecule has 0 spiro atoms. The second-order valence-electron chi connectivity index (χ2n) is 5.64. The average Bonchev–Trinajstić information content (AvgIpc) is 3.41. The first kappa shape index (κ1) is 16.0. The summed E-state index contributed by atoms with van der Waals surface area (Å²) in [6.45, 7) is -0.153. The van der Waals surface area contributed by atoms with Crippen LogP contribution in [0.3, 0.4) is 0 Å². The van der Waals surface area contributed by atoms with E-state index in [9.17, 15) is 9.59 Å². The molecular formula is C17H19N3O4. The van der Waals surface area contributed by atoms with E-state index in [1.54, 1.807) is 31.4 Å². The Morgan fingerprint density at radius 3 is 2.71 bits per heavy atom. The molecule has 7 heteroatoms. The van der Waals surface area contributed by atoms with Gasteiger partial charge in [0.2, 0.25) is 5.91 Å². The van der Waals surface area contributed by atoms with E-state index in [-0.39, 0.29) is 18.0 Å². The number of amides is 1. The number of carbonyl (C=O) groups excluding carboxylic acids is 1. The summed E-state index contributed by atoms with van der Waals surface area (Å²) in [6.07, 6.45) is 2.16.